The first-order valence-corrected chi connectivity index (χ1v) is 8.31. The van der Waals surface area contributed by atoms with Crippen LogP contribution in [0.2, 0.25) is 0 Å². The normalized spacial score (nSPS) is 10.1. The van der Waals surface area contributed by atoms with Crippen LogP contribution in [0.1, 0.15) is 28.7 Å². The van der Waals surface area contributed by atoms with E-state index in [0.29, 0.717) is 24.6 Å². The lowest BCUT2D eigenvalue weighted by Gasteiger charge is -2.26. The van der Waals surface area contributed by atoms with E-state index in [0.717, 1.165) is 16.8 Å². The van der Waals surface area contributed by atoms with Gasteiger partial charge in [0, 0.05) is 31.2 Å². The Hall–Kier alpha value is -2.45. The number of nitrogens with one attached hydrogen (secondary N) is 1. The summed E-state index contributed by atoms with van der Waals surface area (Å²) in [6.07, 6.45) is 4.00. The van der Waals surface area contributed by atoms with E-state index in [-0.39, 0.29) is 0 Å². The molecule has 0 radical (unpaired) electrons. The number of rotatable bonds is 5. The second-order valence-electron chi connectivity index (χ2n) is 5.87. The summed E-state index contributed by atoms with van der Waals surface area (Å²) < 4.78 is 0. The molecule has 0 spiro atoms. The third kappa shape index (κ3) is 4.77. The monoisotopic (exact) mass is 338 g/mol. The fourth-order valence-corrected chi connectivity index (χ4v) is 2.70. The number of thiocarbonyl (C=S) groups is 1. The Kier molecular flexibility index (Phi) is 6.28. The minimum absolute atomic E-state index is 0.425. The van der Waals surface area contributed by atoms with Gasteiger partial charge in [0.2, 0.25) is 0 Å². The summed E-state index contributed by atoms with van der Waals surface area (Å²) in [5.74, 6) is 0. The van der Waals surface area contributed by atoms with Crippen LogP contribution in [0.3, 0.4) is 0 Å². The van der Waals surface area contributed by atoms with Crippen molar-refractivity contribution in [2.45, 2.75) is 33.7 Å². The van der Waals surface area contributed by atoms with Crippen molar-refractivity contribution < 1.29 is 0 Å². The first-order valence-electron chi connectivity index (χ1n) is 7.91. The van der Waals surface area contributed by atoms with E-state index in [1.54, 1.807) is 6.20 Å². The lowest BCUT2D eigenvalue weighted by molar-refractivity contribution is 0.427. The van der Waals surface area contributed by atoms with Gasteiger partial charge in [0.15, 0.2) is 5.11 Å². The van der Waals surface area contributed by atoms with Crippen molar-refractivity contribution in [2.75, 3.05) is 11.9 Å². The third-order valence-electron chi connectivity index (χ3n) is 3.96. The molecule has 0 saturated carbocycles. The number of aryl methyl sites for hydroxylation is 3. The highest BCUT2D eigenvalue weighted by molar-refractivity contribution is 7.80. The topological polar surface area (TPSA) is 52.0 Å². The van der Waals surface area contributed by atoms with Crippen LogP contribution in [-0.2, 0) is 6.54 Å². The predicted octanol–water partition coefficient (Wildman–Crippen LogP) is 4.12. The SMILES string of the molecule is Cc1cc(C)c(NC(=S)N(CCC#N)Cc2cccnc2)cc1C. The standard InChI is InChI=1S/C19H22N4S/c1-14-10-16(3)18(11-15(14)2)22-19(24)23(9-5-7-20)13-17-6-4-8-21-12-17/h4,6,8,10-12H,5,9,13H2,1-3H3,(H,22,24). The number of benzene rings is 1. The molecule has 0 bridgehead atoms. The highest BCUT2D eigenvalue weighted by Crippen LogP contribution is 2.21. The molecule has 0 aliphatic rings. The Morgan fingerprint density at radius 3 is 2.67 bits per heavy atom. The minimum atomic E-state index is 0.425. The predicted molar refractivity (Wildman–Crippen MR) is 102 cm³/mol. The van der Waals surface area contributed by atoms with E-state index in [1.807, 2.05) is 23.2 Å². The van der Waals surface area contributed by atoms with Gasteiger partial charge in [-0.15, -0.1) is 0 Å². The average molecular weight is 338 g/mol. The van der Waals surface area contributed by atoms with Crippen molar-refractivity contribution in [1.82, 2.24) is 9.88 Å². The van der Waals surface area contributed by atoms with Gasteiger partial charge in [0.05, 0.1) is 12.5 Å². The van der Waals surface area contributed by atoms with Crippen LogP contribution < -0.4 is 5.32 Å². The summed E-state index contributed by atoms with van der Waals surface area (Å²) in [5, 5.41) is 12.9. The van der Waals surface area contributed by atoms with Crippen molar-refractivity contribution in [3.63, 3.8) is 0 Å². The molecule has 0 amide bonds. The third-order valence-corrected chi connectivity index (χ3v) is 4.32. The van der Waals surface area contributed by atoms with Crippen molar-refractivity contribution in [1.29, 1.82) is 5.26 Å². The quantitative estimate of drug-likeness (QED) is 0.831. The molecule has 124 valence electrons. The maximum atomic E-state index is 8.91. The smallest absolute Gasteiger partial charge is 0.173 e. The Morgan fingerprint density at radius 1 is 1.25 bits per heavy atom. The molecule has 0 unspecified atom stereocenters. The lowest BCUT2D eigenvalue weighted by Crippen LogP contribution is -2.35. The van der Waals surface area contributed by atoms with Crippen molar-refractivity contribution in [2.24, 2.45) is 0 Å². The summed E-state index contributed by atoms with van der Waals surface area (Å²) in [4.78, 5) is 6.15. The van der Waals surface area contributed by atoms with Crippen molar-refractivity contribution in [3.05, 3.63) is 58.9 Å². The zero-order valence-corrected chi connectivity index (χ0v) is 15.2. The van der Waals surface area contributed by atoms with E-state index in [9.17, 15) is 0 Å². The van der Waals surface area contributed by atoms with Gasteiger partial charge in [0.1, 0.15) is 0 Å². The fourth-order valence-electron chi connectivity index (χ4n) is 2.44. The molecule has 5 heteroatoms. The van der Waals surface area contributed by atoms with E-state index in [2.05, 4.69) is 49.3 Å². The first-order chi connectivity index (χ1) is 11.5. The molecular weight excluding hydrogens is 316 g/mol. The first kappa shape index (κ1) is 17.9. The second kappa shape index (κ2) is 8.42. The van der Waals surface area contributed by atoms with E-state index in [4.69, 9.17) is 17.5 Å². The molecule has 0 aliphatic carbocycles. The molecule has 2 rings (SSSR count). The van der Waals surface area contributed by atoms with Gasteiger partial charge in [-0.25, -0.2) is 0 Å². The van der Waals surface area contributed by atoms with Crippen molar-refractivity contribution in [3.8, 4) is 6.07 Å². The lowest BCUT2D eigenvalue weighted by atomic mass is 10.1. The molecule has 0 aliphatic heterocycles. The fraction of sp³-hybridized carbons (Fsp3) is 0.316. The summed E-state index contributed by atoms with van der Waals surface area (Å²) in [6.45, 7) is 7.47. The Balaban J connectivity index is 2.15. The molecule has 1 N–H and O–H groups in total. The molecule has 0 fully saturated rings. The number of nitriles is 1. The number of hydrogen-bond donors (Lipinski definition) is 1. The van der Waals surface area contributed by atoms with Gasteiger partial charge in [-0.05, 0) is 67.4 Å². The molecule has 0 atom stereocenters. The molecule has 24 heavy (non-hydrogen) atoms. The molecule has 0 saturated heterocycles. The Bertz CT molecular complexity index is 750. The molecular formula is C19H22N4S. The van der Waals surface area contributed by atoms with Crippen LogP contribution in [-0.4, -0.2) is 21.5 Å². The van der Waals surface area contributed by atoms with Gasteiger partial charge in [-0.3, -0.25) is 4.98 Å². The number of aromatic nitrogens is 1. The van der Waals surface area contributed by atoms with Gasteiger partial charge >= 0.3 is 0 Å². The maximum Gasteiger partial charge on any atom is 0.173 e. The molecule has 1 aromatic heterocycles. The van der Waals surface area contributed by atoms with Gasteiger partial charge in [-0.2, -0.15) is 5.26 Å². The maximum absolute atomic E-state index is 8.91. The Labute approximate surface area is 149 Å². The average Bonchev–Trinajstić information content (AvgIpc) is 2.57. The van der Waals surface area contributed by atoms with Crippen LogP contribution in [0.5, 0.6) is 0 Å². The number of anilines is 1. The molecule has 4 nitrogen and oxygen atoms in total. The number of pyridine rings is 1. The summed E-state index contributed by atoms with van der Waals surface area (Å²) in [6, 6.07) is 10.4. The Morgan fingerprint density at radius 2 is 2.00 bits per heavy atom. The van der Waals surface area contributed by atoms with Crippen molar-refractivity contribution >= 4 is 23.0 Å². The zero-order chi connectivity index (χ0) is 17.5. The molecule has 2 aromatic rings. The van der Waals surface area contributed by atoms with Crippen LogP contribution in [0, 0.1) is 32.1 Å². The highest BCUT2D eigenvalue weighted by Gasteiger charge is 2.12. The van der Waals surface area contributed by atoms with Crippen LogP contribution >= 0.6 is 12.2 Å². The highest BCUT2D eigenvalue weighted by atomic mass is 32.1. The summed E-state index contributed by atoms with van der Waals surface area (Å²) in [5.41, 5.74) is 5.72. The van der Waals surface area contributed by atoms with E-state index < -0.39 is 0 Å². The summed E-state index contributed by atoms with van der Waals surface area (Å²) in [7, 11) is 0. The van der Waals surface area contributed by atoms with Crippen LogP contribution in [0.25, 0.3) is 0 Å². The van der Waals surface area contributed by atoms with Gasteiger partial charge in [-0.1, -0.05) is 12.1 Å². The number of hydrogen-bond acceptors (Lipinski definition) is 3. The second-order valence-corrected chi connectivity index (χ2v) is 6.26. The number of nitrogens with zero attached hydrogens (tertiary/aromatic N) is 3. The minimum Gasteiger partial charge on any atom is -0.344 e. The summed E-state index contributed by atoms with van der Waals surface area (Å²) >= 11 is 5.59. The van der Waals surface area contributed by atoms with Gasteiger partial charge in [0.25, 0.3) is 0 Å². The van der Waals surface area contributed by atoms with Gasteiger partial charge < -0.3 is 10.2 Å². The zero-order valence-electron chi connectivity index (χ0n) is 14.3. The van der Waals surface area contributed by atoms with E-state index >= 15 is 0 Å². The molecule has 1 heterocycles. The largest absolute Gasteiger partial charge is 0.344 e. The molecule has 1 aromatic carbocycles. The van der Waals surface area contributed by atoms with Crippen LogP contribution in [0.4, 0.5) is 5.69 Å². The van der Waals surface area contributed by atoms with E-state index in [1.165, 1.54) is 11.1 Å². The van der Waals surface area contributed by atoms with Crippen LogP contribution in [0.15, 0.2) is 36.7 Å².